The van der Waals surface area contributed by atoms with Crippen LogP contribution < -0.4 is 4.74 Å². The van der Waals surface area contributed by atoms with Gasteiger partial charge in [-0.25, -0.2) is 4.79 Å². The summed E-state index contributed by atoms with van der Waals surface area (Å²) in [7, 11) is -3.49. The Hall–Kier alpha value is -1.60. The minimum atomic E-state index is -3.49. The van der Waals surface area contributed by atoms with Crippen LogP contribution in [0.25, 0.3) is 0 Å². The molecule has 0 radical (unpaired) electrons. The second-order valence-corrected chi connectivity index (χ2v) is 8.00. The molecule has 130 valence electrons. The van der Waals surface area contributed by atoms with Crippen LogP contribution in [-0.4, -0.2) is 32.3 Å². The van der Waals surface area contributed by atoms with Gasteiger partial charge >= 0.3 is 5.97 Å². The van der Waals surface area contributed by atoms with Crippen molar-refractivity contribution >= 4 is 16.1 Å². The second kappa shape index (κ2) is 7.31. The number of esters is 1. The zero-order valence-electron chi connectivity index (χ0n) is 14.4. The van der Waals surface area contributed by atoms with Gasteiger partial charge in [-0.2, -0.15) is 8.42 Å². The highest BCUT2D eigenvalue weighted by atomic mass is 32.2. The minimum Gasteiger partial charge on any atom is -0.479 e. The number of ether oxygens (including phenoxy) is 2. The molecule has 0 aliphatic carbocycles. The van der Waals surface area contributed by atoms with E-state index in [2.05, 4.69) is 0 Å². The lowest BCUT2D eigenvalue weighted by molar-refractivity contribution is -0.162. The summed E-state index contributed by atoms with van der Waals surface area (Å²) in [6.45, 7) is 8.76. The van der Waals surface area contributed by atoms with E-state index in [1.165, 1.54) is 0 Å². The summed E-state index contributed by atoms with van der Waals surface area (Å²) in [5.74, 6) is 0.0906. The molecule has 0 N–H and O–H groups in total. The van der Waals surface area contributed by atoms with Crippen LogP contribution in [-0.2, 0) is 30.4 Å². The Kier molecular flexibility index (Phi) is 6.18. The van der Waals surface area contributed by atoms with Crippen molar-refractivity contribution < 1.29 is 26.9 Å². The fourth-order valence-electron chi connectivity index (χ4n) is 1.73. The van der Waals surface area contributed by atoms with Gasteiger partial charge in [-0.1, -0.05) is 12.1 Å². The summed E-state index contributed by atoms with van der Waals surface area (Å²) < 4.78 is 37.6. The van der Waals surface area contributed by atoms with Gasteiger partial charge in [-0.05, 0) is 51.8 Å². The molecule has 6 nitrogen and oxygen atoms in total. The molecule has 1 aromatic carbocycles. The smallest absolute Gasteiger partial charge is 0.347 e. The molecule has 1 atom stereocenters. The van der Waals surface area contributed by atoms with Crippen molar-refractivity contribution in [3.05, 3.63) is 29.3 Å². The average molecular weight is 344 g/mol. The Morgan fingerprint density at radius 2 is 1.87 bits per heavy atom. The predicted molar refractivity (Wildman–Crippen MR) is 86.7 cm³/mol. The zero-order valence-corrected chi connectivity index (χ0v) is 15.2. The Bertz CT molecular complexity index is 658. The van der Waals surface area contributed by atoms with Crippen molar-refractivity contribution in [2.75, 3.05) is 6.26 Å². The number of carbonyl (C=O) groups is 1. The number of hydrogen-bond acceptors (Lipinski definition) is 6. The van der Waals surface area contributed by atoms with E-state index in [9.17, 15) is 13.2 Å². The topological polar surface area (TPSA) is 78.9 Å². The first kappa shape index (κ1) is 19.4. The van der Waals surface area contributed by atoms with Crippen molar-refractivity contribution in [2.24, 2.45) is 0 Å². The highest BCUT2D eigenvalue weighted by molar-refractivity contribution is 7.85. The van der Waals surface area contributed by atoms with Gasteiger partial charge in [0.15, 0.2) is 6.10 Å². The van der Waals surface area contributed by atoms with Crippen LogP contribution in [0.3, 0.4) is 0 Å². The maximum Gasteiger partial charge on any atom is 0.347 e. The molecule has 0 fully saturated rings. The lowest BCUT2D eigenvalue weighted by Crippen LogP contribution is -2.33. The highest BCUT2D eigenvalue weighted by Gasteiger charge is 2.23. The molecule has 0 aliphatic rings. The largest absolute Gasteiger partial charge is 0.479 e. The summed E-state index contributed by atoms with van der Waals surface area (Å²) >= 11 is 0. The SMILES string of the molecule is Cc1cc(COS(C)(=O)=O)ccc1OC(C)C(=O)OC(C)(C)C. The standard InChI is InChI=1S/C16H24O6S/c1-11-9-13(10-20-23(6,18)19)7-8-14(11)21-12(2)15(17)22-16(3,4)5/h7-9,12H,10H2,1-6H3. The molecular weight excluding hydrogens is 320 g/mol. The van der Waals surface area contributed by atoms with Crippen LogP contribution in [0.2, 0.25) is 0 Å². The summed E-state index contributed by atoms with van der Waals surface area (Å²) in [6.07, 6.45) is 0.255. The minimum absolute atomic E-state index is 0.0401. The molecule has 0 saturated heterocycles. The maximum absolute atomic E-state index is 11.9. The maximum atomic E-state index is 11.9. The predicted octanol–water partition coefficient (Wildman–Crippen LogP) is 2.58. The molecule has 0 spiro atoms. The number of hydrogen-bond donors (Lipinski definition) is 0. The van der Waals surface area contributed by atoms with Crippen molar-refractivity contribution in [3.63, 3.8) is 0 Å². The van der Waals surface area contributed by atoms with Gasteiger partial charge in [0.25, 0.3) is 10.1 Å². The van der Waals surface area contributed by atoms with Gasteiger partial charge in [-0.3, -0.25) is 4.18 Å². The average Bonchev–Trinajstić information content (AvgIpc) is 2.36. The summed E-state index contributed by atoms with van der Waals surface area (Å²) in [6, 6.07) is 5.12. The molecule has 1 rings (SSSR count). The van der Waals surface area contributed by atoms with Crippen LogP contribution in [0.5, 0.6) is 5.75 Å². The molecule has 23 heavy (non-hydrogen) atoms. The molecule has 1 aromatic rings. The number of carbonyl (C=O) groups excluding carboxylic acids is 1. The van der Waals surface area contributed by atoms with Crippen LogP contribution in [0, 0.1) is 6.92 Å². The van der Waals surface area contributed by atoms with E-state index in [1.54, 1.807) is 52.8 Å². The van der Waals surface area contributed by atoms with Gasteiger partial charge in [0.05, 0.1) is 12.9 Å². The Morgan fingerprint density at radius 3 is 2.35 bits per heavy atom. The quantitative estimate of drug-likeness (QED) is 0.583. The fraction of sp³-hybridized carbons (Fsp3) is 0.562. The Labute approximate surface area is 137 Å². The molecule has 0 amide bonds. The number of rotatable bonds is 6. The highest BCUT2D eigenvalue weighted by Crippen LogP contribution is 2.22. The van der Waals surface area contributed by atoms with Gasteiger partial charge in [0, 0.05) is 0 Å². The number of aryl methyl sites for hydroxylation is 1. The summed E-state index contributed by atoms with van der Waals surface area (Å²) in [5, 5.41) is 0. The lowest BCUT2D eigenvalue weighted by atomic mass is 10.1. The van der Waals surface area contributed by atoms with E-state index in [0.29, 0.717) is 11.3 Å². The molecule has 0 aliphatic heterocycles. The van der Waals surface area contributed by atoms with E-state index in [4.69, 9.17) is 13.7 Å². The Balaban J connectivity index is 2.73. The molecule has 1 unspecified atom stereocenters. The van der Waals surface area contributed by atoms with Gasteiger partial charge in [0.1, 0.15) is 11.4 Å². The van der Waals surface area contributed by atoms with Crippen molar-refractivity contribution in [1.82, 2.24) is 0 Å². The molecule has 0 heterocycles. The number of benzene rings is 1. The fourth-order valence-corrected chi connectivity index (χ4v) is 2.08. The summed E-state index contributed by atoms with van der Waals surface area (Å²) in [5.41, 5.74) is 0.900. The van der Waals surface area contributed by atoms with E-state index in [0.717, 1.165) is 11.8 Å². The first-order valence-electron chi connectivity index (χ1n) is 7.21. The van der Waals surface area contributed by atoms with Gasteiger partial charge in [-0.15, -0.1) is 0 Å². The van der Waals surface area contributed by atoms with Crippen LogP contribution >= 0.6 is 0 Å². The van der Waals surface area contributed by atoms with Crippen LogP contribution in [0.4, 0.5) is 0 Å². The van der Waals surface area contributed by atoms with Gasteiger partial charge < -0.3 is 9.47 Å². The molecule has 0 bridgehead atoms. The van der Waals surface area contributed by atoms with E-state index >= 15 is 0 Å². The van der Waals surface area contributed by atoms with E-state index < -0.39 is 27.8 Å². The first-order chi connectivity index (χ1) is 10.4. The monoisotopic (exact) mass is 344 g/mol. The zero-order chi connectivity index (χ0) is 17.8. The molecule has 7 heteroatoms. The first-order valence-corrected chi connectivity index (χ1v) is 9.02. The molecule has 0 saturated carbocycles. The molecule has 0 aromatic heterocycles. The van der Waals surface area contributed by atoms with Crippen LogP contribution in [0.15, 0.2) is 18.2 Å². The van der Waals surface area contributed by atoms with E-state index in [1.807, 2.05) is 0 Å². The second-order valence-electron chi connectivity index (χ2n) is 6.36. The van der Waals surface area contributed by atoms with Crippen molar-refractivity contribution in [2.45, 2.75) is 52.9 Å². The third-order valence-electron chi connectivity index (χ3n) is 2.72. The summed E-state index contributed by atoms with van der Waals surface area (Å²) in [4.78, 5) is 11.9. The third kappa shape index (κ3) is 7.47. The third-order valence-corrected chi connectivity index (χ3v) is 3.27. The molecular formula is C16H24O6S. The van der Waals surface area contributed by atoms with Crippen molar-refractivity contribution in [3.8, 4) is 5.75 Å². The van der Waals surface area contributed by atoms with Gasteiger partial charge in [0.2, 0.25) is 0 Å². The van der Waals surface area contributed by atoms with E-state index in [-0.39, 0.29) is 6.61 Å². The lowest BCUT2D eigenvalue weighted by Gasteiger charge is -2.23. The Morgan fingerprint density at radius 1 is 1.26 bits per heavy atom. The van der Waals surface area contributed by atoms with Crippen molar-refractivity contribution in [1.29, 1.82) is 0 Å². The van der Waals surface area contributed by atoms with Crippen LogP contribution in [0.1, 0.15) is 38.8 Å². The normalized spacial score (nSPS) is 13.5.